The molecule has 0 saturated carbocycles. The number of rotatable bonds is 7. The lowest BCUT2D eigenvalue weighted by atomic mass is 9.91. The SMILES string of the molecule is CCCNc1cccc2c1cc(C#CCNc1ccc(C(C)(C)C#N)nc1)n2CC(F)(F)F. The molecule has 0 radical (unpaired) electrons. The number of anilines is 2. The summed E-state index contributed by atoms with van der Waals surface area (Å²) < 4.78 is 41.0. The smallest absolute Gasteiger partial charge is 0.385 e. The summed E-state index contributed by atoms with van der Waals surface area (Å²) in [6, 6.07) is 12.8. The van der Waals surface area contributed by atoms with Gasteiger partial charge in [0.15, 0.2) is 0 Å². The Kier molecular flexibility index (Phi) is 7.18. The average molecular weight is 454 g/mol. The van der Waals surface area contributed by atoms with Crippen LogP contribution in [0.5, 0.6) is 0 Å². The highest BCUT2D eigenvalue weighted by atomic mass is 19.4. The number of nitrogens with one attached hydrogen (secondary N) is 2. The second-order valence-electron chi connectivity index (χ2n) is 8.22. The van der Waals surface area contributed by atoms with Crippen LogP contribution in [-0.4, -0.2) is 28.8 Å². The van der Waals surface area contributed by atoms with E-state index < -0.39 is 18.1 Å². The first kappa shape index (κ1) is 24.0. The zero-order chi connectivity index (χ0) is 24.1. The van der Waals surface area contributed by atoms with Gasteiger partial charge in [0.1, 0.15) is 6.54 Å². The van der Waals surface area contributed by atoms with Crippen molar-refractivity contribution in [1.29, 1.82) is 5.26 Å². The van der Waals surface area contributed by atoms with Gasteiger partial charge in [-0.3, -0.25) is 4.98 Å². The molecular weight excluding hydrogens is 427 g/mol. The van der Waals surface area contributed by atoms with Crippen LogP contribution < -0.4 is 10.6 Å². The molecule has 0 unspecified atom stereocenters. The van der Waals surface area contributed by atoms with E-state index in [9.17, 15) is 18.4 Å². The highest BCUT2D eigenvalue weighted by molar-refractivity contribution is 5.94. The maximum absolute atomic E-state index is 13.3. The number of hydrogen-bond donors (Lipinski definition) is 2. The van der Waals surface area contributed by atoms with Gasteiger partial charge in [0, 0.05) is 17.6 Å². The summed E-state index contributed by atoms with van der Waals surface area (Å²) in [7, 11) is 0. The van der Waals surface area contributed by atoms with Gasteiger partial charge in [0.05, 0.1) is 46.8 Å². The maximum atomic E-state index is 13.3. The van der Waals surface area contributed by atoms with E-state index in [0.717, 1.165) is 18.7 Å². The van der Waals surface area contributed by atoms with Crippen molar-refractivity contribution in [3.05, 3.63) is 54.0 Å². The first-order chi connectivity index (χ1) is 15.6. The topological polar surface area (TPSA) is 65.7 Å². The standard InChI is InChI=1S/C25H26F3N5/c1-4-12-31-21-8-5-9-22-20(21)14-19(33(22)17-25(26,27)28)7-6-13-30-18-10-11-23(32-15-18)24(2,3)16-29/h5,8-11,14-15,30-31H,4,12-13,17H2,1-3H3. The summed E-state index contributed by atoms with van der Waals surface area (Å²) in [6.07, 6.45) is -1.84. The van der Waals surface area contributed by atoms with E-state index in [-0.39, 0.29) is 6.54 Å². The summed E-state index contributed by atoms with van der Waals surface area (Å²) in [5.41, 5.74) is 2.27. The number of nitrogens with zero attached hydrogens (tertiary/aromatic N) is 3. The molecule has 1 aromatic carbocycles. The van der Waals surface area contributed by atoms with Gasteiger partial charge >= 0.3 is 6.18 Å². The molecule has 0 saturated heterocycles. The third kappa shape index (κ3) is 5.98. The van der Waals surface area contributed by atoms with E-state index in [1.54, 1.807) is 50.4 Å². The van der Waals surface area contributed by atoms with E-state index in [4.69, 9.17) is 0 Å². The van der Waals surface area contributed by atoms with Crippen molar-refractivity contribution in [3.63, 3.8) is 0 Å². The zero-order valence-corrected chi connectivity index (χ0v) is 18.8. The predicted molar refractivity (Wildman–Crippen MR) is 125 cm³/mol. The fourth-order valence-electron chi connectivity index (χ4n) is 3.36. The highest BCUT2D eigenvalue weighted by Gasteiger charge is 2.30. The molecule has 33 heavy (non-hydrogen) atoms. The molecule has 0 atom stereocenters. The Morgan fingerprint density at radius 1 is 1.12 bits per heavy atom. The molecule has 2 aromatic heterocycles. The number of fused-ring (bicyclic) bond motifs is 1. The zero-order valence-electron chi connectivity index (χ0n) is 18.8. The molecule has 2 heterocycles. The molecule has 2 N–H and O–H groups in total. The lowest BCUT2D eigenvalue weighted by Crippen LogP contribution is -2.18. The molecule has 8 heteroatoms. The van der Waals surface area contributed by atoms with Crippen molar-refractivity contribution in [3.8, 4) is 17.9 Å². The molecule has 0 aliphatic rings. The van der Waals surface area contributed by atoms with Crippen LogP contribution in [0, 0.1) is 23.2 Å². The molecule has 0 spiro atoms. The quantitative estimate of drug-likeness (QED) is 0.452. The van der Waals surface area contributed by atoms with Crippen LogP contribution in [0.4, 0.5) is 24.5 Å². The number of hydrogen-bond acceptors (Lipinski definition) is 4. The Hall–Kier alpha value is -3.65. The Bertz CT molecular complexity index is 1210. The molecule has 3 aromatic rings. The van der Waals surface area contributed by atoms with Crippen LogP contribution in [0.15, 0.2) is 42.6 Å². The third-order valence-electron chi connectivity index (χ3n) is 5.13. The van der Waals surface area contributed by atoms with Crippen LogP contribution in [0.1, 0.15) is 38.6 Å². The van der Waals surface area contributed by atoms with Crippen molar-refractivity contribution >= 4 is 22.3 Å². The van der Waals surface area contributed by atoms with Gasteiger partial charge in [0.25, 0.3) is 0 Å². The minimum Gasteiger partial charge on any atom is -0.385 e. The van der Waals surface area contributed by atoms with Crippen LogP contribution >= 0.6 is 0 Å². The molecular formula is C25H26F3N5. The summed E-state index contributed by atoms with van der Waals surface area (Å²) >= 11 is 0. The molecule has 172 valence electrons. The van der Waals surface area contributed by atoms with Gasteiger partial charge in [0.2, 0.25) is 0 Å². The lowest BCUT2D eigenvalue weighted by molar-refractivity contribution is -0.140. The van der Waals surface area contributed by atoms with Crippen LogP contribution in [0.2, 0.25) is 0 Å². The number of aromatic nitrogens is 2. The predicted octanol–water partition coefficient (Wildman–Crippen LogP) is 5.69. The molecule has 0 amide bonds. The Morgan fingerprint density at radius 3 is 2.55 bits per heavy atom. The van der Waals surface area contributed by atoms with E-state index in [0.29, 0.717) is 28.0 Å². The first-order valence-corrected chi connectivity index (χ1v) is 10.7. The van der Waals surface area contributed by atoms with Crippen LogP contribution in [0.25, 0.3) is 10.9 Å². The number of nitriles is 1. The van der Waals surface area contributed by atoms with Crippen molar-refractivity contribution in [2.75, 3.05) is 23.7 Å². The molecule has 0 aliphatic heterocycles. The molecule has 0 aliphatic carbocycles. The Morgan fingerprint density at radius 2 is 1.91 bits per heavy atom. The Labute approximate surface area is 191 Å². The van der Waals surface area contributed by atoms with Crippen molar-refractivity contribution in [1.82, 2.24) is 9.55 Å². The minimum absolute atomic E-state index is 0.233. The first-order valence-electron chi connectivity index (χ1n) is 10.7. The van der Waals surface area contributed by atoms with Gasteiger partial charge in [-0.2, -0.15) is 18.4 Å². The molecule has 0 bridgehead atoms. The summed E-state index contributed by atoms with van der Waals surface area (Å²) in [6.45, 7) is 5.46. The number of halogens is 3. The number of benzene rings is 1. The summed E-state index contributed by atoms with van der Waals surface area (Å²) in [4.78, 5) is 4.31. The van der Waals surface area contributed by atoms with Crippen molar-refractivity contribution in [2.45, 2.75) is 45.3 Å². The summed E-state index contributed by atoms with van der Waals surface area (Å²) in [5.74, 6) is 5.79. The summed E-state index contributed by atoms with van der Waals surface area (Å²) in [5, 5.41) is 16.3. The second kappa shape index (κ2) is 9.87. The highest BCUT2D eigenvalue weighted by Crippen LogP contribution is 2.30. The van der Waals surface area contributed by atoms with Crippen LogP contribution in [0.3, 0.4) is 0 Å². The van der Waals surface area contributed by atoms with E-state index in [1.807, 2.05) is 13.0 Å². The van der Waals surface area contributed by atoms with Gasteiger partial charge in [-0.05, 0) is 56.5 Å². The van der Waals surface area contributed by atoms with E-state index in [1.165, 1.54) is 4.57 Å². The largest absolute Gasteiger partial charge is 0.406 e. The lowest BCUT2D eigenvalue weighted by Gasteiger charge is -2.14. The van der Waals surface area contributed by atoms with Crippen molar-refractivity contribution < 1.29 is 13.2 Å². The van der Waals surface area contributed by atoms with Gasteiger partial charge < -0.3 is 15.2 Å². The van der Waals surface area contributed by atoms with E-state index in [2.05, 4.69) is 33.5 Å². The van der Waals surface area contributed by atoms with Crippen molar-refractivity contribution in [2.24, 2.45) is 0 Å². The number of pyridine rings is 1. The molecule has 3 rings (SSSR count). The molecule has 5 nitrogen and oxygen atoms in total. The maximum Gasteiger partial charge on any atom is 0.406 e. The van der Waals surface area contributed by atoms with Crippen LogP contribution in [-0.2, 0) is 12.0 Å². The van der Waals surface area contributed by atoms with Gasteiger partial charge in [-0.1, -0.05) is 18.9 Å². The molecule has 0 fully saturated rings. The fourth-order valence-corrected chi connectivity index (χ4v) is 3.36. The second-order valence-corrected chi connectivity index (χ2v) is 8.22. The fraction of sp³-hybridized carbons (Fsp3) is 0.360. The number of alkyl halides is 3. The average Bonchev–Trinajstić information content (AvgIpc) is 3.12. The monoisotopic (exact) mass is 453 g/mol. The normalized spacial score (nSPS) is 11.5. The van der Waals surface area contributed by atoms with Gasteiger partial charge in [-0.25, -0.2) is 0 Å². The minimum atomic E-state index is -4.36. The van der Waals surface area contributed by atoms with Gasteiger partial charge in [-0.15, -0.1) is 0 Å². The van der Waals surface area contributed by atoms with E-state index >= 15 is 0 Å². The third-order valence-corrected chi connectivity index (χ3v) is 5.13. The Balaban J connectivity index is 1.82.